The molecule has 2 amide bonds. The van der Waals surface area contributed by atoms with Crippen molar-refractivity contribution in [2.75, 3.05) is 31.5 Å². The summed E-state index contributed by atoms with van der Waals surface area (Å²) in [6.45, 7) is 4.32. The highest BCUT2D eigenvalue weighted by atomic mass is 19.1. The van der Waals surface area contributed by atoms with Gasteiger partial charge in [0.1, 0.15) is 5.82 Å². The van der Waals surface area contributed by atoms with Gasteiger partial charge in [-0.25, -0.2) is 4.39 Å². The Kier molecular flexibility index (Phi) is 7.20. The van der Waals surface area contributed by atoms with Crippen molar-refractivity contribution in [1.29, 1.82) is 0 Å². The number of halogens is 1. The first-order valence-corrected chi connectivity index (χ1v) is 11.6. The molecular formula is C26H32FN3O2. The van der Waals surface area contributed by atoms with Crippen molar-refractivity contribution in [2.24, 2.45) is 5.92 Å². The molecule has 1 aliphatic heterocycles. The summed E-state index contributed by atoms with van der Waals surface area (Å²) < 4.78 is 14.0. The standard InChI is InChI=1S/C26H32FN3O2/c1-19-11-12-22(18-23(19)27)28-26(32)25(21-9-5-6-10-21)30-15-13-29(14-16-30)24(31)17-20-7-3-2-4-8-20/h2-4,7-8,11-12,18,21,25H,5-6,9-10,13-17H2,1H3,(H,28,32). The smallest absolute Gasteiger partial charge is 0.242 e. The number of benzene rings is 2. The van der Waals surface area contributed by atoms with Gasteiger partial charge in [-0.05, 0) is 48.9 Å². The number of anilines is 1. The fourth-order valence-electron chi connectivity index (χ4n) is 4.97. The van der Waals surface area contributed by atoms with E-state index in [1.165, 1.54) is 6.07 Å². The van der Waals surface area contributed by atoms with Gasteiger partial charge in [-0.3, -0.25) is 14.5 Å². The Morgan fingerprint density at radius 3 is 2.38 bits per heavy atom. The minimum absolute atomic E-state index is 0.0655. The second-order valence-electron chi connectivity index (χ2n) is 9.02. The lowest BCUT2D eigenvalue weighted by Gasteiger charge is -2.40. The van der Waals surface area contributed by atoms with Gasteiger partial charge in [-0.1, -0.05) is 49.2 Å². The first kappa shape index (κ1) is 22.5. The molecule has 0 aromatic heterocycles. The summed E-state index contributed by atoms with van der Waals surface area (Å²) in [7, 11) is 0. The van der Waals surface area contributed by atoms with Crippen molar-refractivity contribution in [2.45, 2.75) is 45.1 Å². The Balaban J connectivity index is 1.39. The molecule has 2 aliphatic rings. The highest BCUT2D eigenvalue weighted by Crippen LogP contribution is 2.32. The van der Waals surface area contributed by atoms with E-state index in [0.717, 1.165) is 31.2 Å². The minimum Gasteiger partial charge on any atom is -0.340 e. The zero-order valence-corrected chi connectivity index (χ0v) is 18.7. The van der Waals surface area contributed by atoms with Crippen molar-refractivity contribution in [3.63, 3.8) is 0 Å². The van der Waals surface area contributed by atoms with Crippen LogP contribution in [0.3, 0.4) is 0 Å². The summed E-state index contributed by atoms with van der Waals surface area (Å²) in [5.74, 6) is 0.0553. The third-order valence-corrected chi connectivity index (χ3v) is 6.81. The fourth-order valence-corrected chi connectivity index (χ4v) is 4.97. The quantitative estimate of drug-likeness (QED) is 0.743. The third-order valence-electron chi connectivity index (χ3n) is 6.81. The molecule has 4 rings (SSSR count). The number of amides is 2. The molecule has 0 spiro atoms. The van der Waals surface area contributed by atoms with Crippen LogP contribution in [0.2, 0.25) is 0 Å². The van der Waals surface area contributed by atoms with Gasteiger partial charge in [-0.15, -0.1) is 0 Å². The molecule has 170 valence electrons. The van der Waals surface area contributed by atoms with E-state index < -0.39 is 0 Å². The summed E-state index contributed by atoms with van der Waals surface area (Å²) in [5.41, 5.74) is 2.08. The molecule has 0 radical (unpaired) electrons. The van der Waals surface area contributed by atoms with E-state index in [1.54, 1.807) is 19.1 Å². The number of hydrogen-bond donors (Lipinski definition) is 1. The first-order chi connectivity index (χ1) is 15.5. The van der Waals surface area contributed by atoms with E-state index >= 15 is 0 Å². The van der Waals surface area contributed by atoms with E-state index in [9.17, 15) is 14.0 Å². The lowest BCUT2D eigenvalue weighted by molar-refractivity contribution is -0.133. The van der Waals surface area contributed by atoms with Crippen LogP contribution >= 0.6 is 0 Å². The number of nitrogens with one attached hydrogen (secondary N) is 1. The zero-order chi connectivity index (χ0) is 22.5. The van der Waals surface area contributed by atoms with Crippen LogP contribution in [0.15, 0.2) is 48.5 Å². The van der Waals surface area contributed by atoms with Gasteiger partial charge in [0.2, 0.25) is 11.8 Å². The number of carbonyl (C=O) groups is 2. The van der Waals surface area contributed by atoms with Gasteiger partial charge >= 0.3 is 0 Å². The molecule has 2 aromatic carbocycles. The lowest BCUT2D eigenvalue weighted by Crippen LogP contribution is -2.57. The number of piperazine rings is 1. The second kappa shape index (κ2) is 10.3. The molecule has 5 nitrogen and oxygen atoms in total. The van der Waals surface area contributed by atoms with Gasteiger partial charge in [-0.2, -0.15) is 0 Å². The molecule has 1 atom stereocenters. The van der Waals surface area contributed by atoms with Crippen molar-refractivity contribution in [3.05, 3.63) is 65.5 Å². The van der Waals surface area contributed by atoms with Gasteiger partial charge in [0.05, 0.1) is 12.5 Å². The maximum absolute atomic E-state index is 14.0. The zero-order valence-electron chi connectivity index (χ0n) is 18.7. The highest BCUT2D eigenvalue weighted by Gasteiger charge is 2.37. The van der Waals surface area contributed by atoms with Crippen molar-refractivity contribution >= 4 is 17.5 Å². The fraction of sp³-hybridized carbons (Fsp3) is 0.462. The highest BCUT2D eigenvalue weighted by molar-refractivity contribution is 5.95. The Labute approximate surface area is 189 Å². The van der Waals surface area contributed by atoms with Crippen LogP contribution in [0.1, 0.15) is 36.8 Å². The average Bonchev–Trinajstić information content (AvgIpc) is 3.32. The Bertz CT molecular complexity index is 935. The third kappa shape index (κ3) is 5.36. The van der Waals surface area contributed by atoms with E-state index in [-0.39, 0.29) is 23.7 Å². The van der Waals surface area contributed by atoms with Crippen LogP contribution in [0.25, 0.3) is 0 Å². The van der Waals surface area contributed by atoms with E-state index in [0.29, 0.717) is 49.8 Å². The van der Waals surface area contributed by atoms with Crippen molar-refractivity contribution < 1.29 is 14.0 Å². The lowest BCUT2D eigenvalue weighted by atomic mass is 9.94. The number of carbonyl (C=O) groups excluding carboxylic acids is 2. The molecule has 32 heavy (non-hydrogen) atoms. The molecule has 6 heteroatoms. The van der Waals surface area contributed by atoms with Crippen LogP contribution in [0.5, 0.6) is 0 Å². The second-order valence-corrected chi connectivity index (χ2v) is 9.02. The number of nitrogens with zero attached hydrogens (tertiary/aromatic N) is 2. The molecule has 1 saturated heterocycles. The molecule has 1 N–H and O–H groups in total. The predicted octanol–water partition coefficient (Wildman–Crippen LogP) is 4.02. The molecule has 1 unspecified atom stereocenters. The van der Waals surface area contributed by atoms with Gasteiger partial charge in [0.25, 0.3) is 0 Å². The normalized spacial score (nSPS) is 18.5. The Hall–Kier alpha value is -2.73. The van der Waals surface area contributed by atoms with Crippen molar-refractivity contribution in [1.82, 2.24) is 9.80 Å². The Morgan fingerprint density at radius 2 is 1.72 bits per heavy atom. The van der Waals surface area contributed by atoms with Crippen LogP contribution < -0.4 is 5.32 Å². The average molecular weight is 438 g/mol. The number of rotatable bonds is 6. The van der Waals surface area contributed by atoms with Crippen molar-refractivity contribution in [3.8, 4) is 0 Å². The van der Waals surface area contributed by atoms with Gasteiger partial charge in [0.15, 0.2) is 0 Å². The number of aryl methyl sites for hydroxylation is 1. The van der Waals surface area contributed by atoms with E-state index in [2.05, 4.69) is 10.2 Å². The molecular weight excluding hydrogens is 405 g/mol. The Morgan fingerprint density at radius 1 is 1.03 bits per heavy atom. The minimum atomic E-state index is -0.314. The van der Waals surface area contributed by atoms with Gasteiger partial charge < -0.3 is 10.2 Å². The van der Waals surface area contributed by atoms with Crippen LogP contribution in [0, 0.1) is 18.7 Å². The molecule has 0 bridgehead atoms. The molecule has 1 aliphatic carbocycles. The SMILES string of the molecule is Cc1ccc(NC(=O)C(C2CCCC2)N2CCN(C(=O)Cc3ccccc3)CC2)cc1F. The molecule has 2 aromatic rings. The van der Waals surface area contributed by atoms with Gasteiger partial charge in [0, 0.05) is 31.9 Å². The monoisotopic (exact) mass is 437 g/mol. The maximum atomic E-state index is 14.0. The summed E-state index contributed by atoms with van der Waals surface area (Å²) in [6, 6.07) is 14.4. The first-order valence-electron chi connectivity index (χ1n) is 11.6. The van der Waals surface area contributed by atoms with Crippen LogP contribution in [-0.4, -0.2) is 53.8 Å². The summed E-state index contributed by atoms with van der Waals surface area (Å²) in [4.78, 5) is 30.2. The van der Waals surface area contributed by atoms with E-state index in [4.69, 9.17) is 0 Å². The molecule has 1 heterocycles. The van der Waals surface area contributed by atoms with Crippen LogP contribution in [0.4, 0.5) is 10.1 Å². The molecule has 2 fully saturated rings. The maximum Gasteiger partial charge on any atom is 0.242 e. The number of hydrogen-bond acceptors (Lipinski definition) is 3. The molecule has 1 saturated carbocycles. The predicted molar refractivity (Wildman–Crippen MR) is 124 cm³/mol. The summed E-state index contributed by atoms with van der Waals surface area (Å²) in [5, 5.41) is 2.95. The van der Waals surface area contributed by atoms with Crippen LogP contribution in [-0.2, 0) is 16.0 Å². The largest absolute Gasteiger partial charge is 0.340 e. The summed E-state index contributed by atoms with van der Waals surface area (Å²) >= 11 is 0. The van der Waals surface area contributed by atoms with E-state index in [1.807, 2.05) is 35.2 Å². The topological polar surface area (TPSA) is 52.7 Å². The summed E-state index contributed by atoms with van der Waals surface area (Å²) in [6.07, 6.45) is 4.76.